The van der Waals surface area contributed by atoms with E-state index in [1.54, 1.807) is 12.3 Å². The molecule has 2 aromatic heterocycles. The first-order valence-electron chi connectivity index (χ1n) is 5.10. The maximum atomic E-state index is 12.2. The second kappa shape index (κ2) is 4.02. The molecule has 1 N–H and O–H groups in total. The molecule has 0 saturated heterocycles. The molecule has 0 saturated carbocycles. The number of benzene rings is 1. The first-order valence-corrected chi connectivity index (χ1v) is 6.42. The van der Waals surface area contributed by atoms with Crippen molar-refractivity contribution in [3.8, 4) is 0 Å². The third kappa shape index (κ3) is 1.68. The lowest BCUT2D eigenvalue weighted by Crippen LogP contribution is -1.97. The molecule has 2 nitrogen and oxygen atoms in total. The average molecular weight is 262 g/mol. The monoisotopic (exact) mass is 261 g/mol. The molecule has 0 spiro atoms. The Morgan fingerprint density at radius 1 is 1.29 bits per heavy atom. The minimum absolute atomic E-state index is 0.0276. The van der Waals surface area contributed by atoms with Crippen molar-refractivity contribution in [2.24, 2.45) is 0 Å². The summed E-state index contributed by atoms with van der Waals surface area (Å²) in [7, 11) is 0. The van der Waals surface area contributed by atoms with Crippen LogP contribution in [-0.2, 0) is 0 Å². The molecule has 0 aliphatic carbocycles. The number of fused-ring (bicyclic) bond motifs is 1. The lowest BCUT2D eigenvalue weighted by atomic mass is 10.1. The highest BCUT2D eigenvalue weighted by atomic mass is 35.5. The highest BCUT2D eigenvalue weighted by Gasteiger charge is 2.15. The van der Waals surface area contributed by atoms with E-state index in [-0.39, 0.29) is 5.78 Å². The van der Waals surface area contributed by atoms with Crippen LogP contribution in [0.2, 0.25) is 5.02 Å². The van der Waals surface area contributed by atoms with Gasteiger partial charge in [0.15, 0.2) is 5.78 Å². The van der Waals surface area contributed by atoms with Crippen LogP contribution in [0.25, 0.3) is 10.9 Å². The number of nitrogens with one attached hydrogen (secondary N) is 1. The Balaban J connectivity index is 2.19. The molecular formula is C13H8ClNOS. The van der Waals surface area contributed by atoms with Crippen LogP contribution >= 0.6 is 22.9 Å². The second-order valence-electron chi connectivity index (χ2n) is 3.71. The Kier molecular flexibility index (Phi) is 2.50. The molecule has 0 aliphatic rings. The predicted molar refractivity (Wildman–Crippen MR) is 71.1 cm³/mol. The molecule has 3 aromatic rings. The van der Waals surface area contributed by atoms with E-state index in [0.29, 0.717) is 10.6 Å². The van der Waals surface area contributed by atoms with Gasteiger partial charge in [-0.05, 0) is 17.5 Å². The number of aromatic nitrogens is 1. The number of hydrogen-bond donors (Lipinski definition) is 1. The quantitative estimate of drug-likeness (QED) is 0.692. The van der Waals surface area contributed by atoms with Crippen LogP contribution in [0.3, 0.4) is 0 Å². The van der Waals surface area contributed by atoms with Gasteiger partial charge in [-0.1, -0.05) is 23.7 Å². The fourth-order valence-electron chi connectivity index (χ4n) is 1.85. The van der Waals surface area contributed by atoms with Crippen molar-refractivity contribution in [2.45, 2.75) is 0 Å². The van der Waals surface area contributed by atoms with Gasteiger partial charge in [0.05, 0.1) is 10.5 Å². The number of thiophene rings is 1. The highest BCUT2D eigenvalue weighted by Crippen LogP contribution is 2.27. The number of rotatable bonds is 2. The summed E-state index contributed by atoms with van der Waals surface area (Å²) in [6, 6.07) is 7.38. The van der Waals surface area contributed by atoms with Gasteiger partial charge in [-0.25, -0.2) is 0 Å². The van der Waals surface area contributed by atoms with Gasteiger partial charge in [-0.3, -0.25) is 4.79 Å². The van der Waals surface area contributed by atoms with Crippen molar-refractivity contribution < 1.29 is 4.79 Å². The van der Waals surface area contributed by atoms with Crippen LogP contribution < -0.4 is 0 Å². The topological polar surface area (TPSA) is 32.9 Å². The Morgan fingerprint density at radius 3 is 2.94 bits per heavy atom. The molecule has 1 aromatic carbocycles. The van der Waals surface area contributed by atoms with E-state index in [0.717, 1.165) is 16.5 Å². The lowest BCUT2D eigenvalue weighted by molar-refractivity contribution is 0.104. The molecule has 0 unspecified atom stereocenters. The summed E-state index contributed by atoms with van der Waals surface area (Å²) < 4.78 is 0. The first kappa shape index (κ1) is 10.6. The van der Waals surface area contributed by atoms with Gasteiger partial charge in [0.1, 0.15) is 0 Å². The summed E-state index contributed by atoms with van der Waals surface area (Å²) in [6.45, 7) is 0. The van der Waals surface area contributed by atoms with Crippen LogP contribution in [0.1, 0.15) is 15.9 Å². The summed E-state index contributed by atoms with van der Waals surface area (Å²) >= 11 is 7.58. The van der Waals surface area contributed by atoms with Crippen LogP contribution in [0.5, 0.6) is 0 Å². The Labute approximate surface area is 107 Å². The van der Waals surface area contributed by atoms with Crippen molar-refractivity contribution in [2.75, 3.05) is 0 Å². The van der Waals surface area contributed by atoms with Crippen molar-refractivity contribution >= 4 is 39.6 Å². The number of carbonyl (C=O) groups is 1. The molecule has 3 rings (SSSR count). The van der Waals surface area contributed by atoms with Gasteiger partial charge in [0.25, 0.3) is 0 Å². The fourth-order valence-corrected chi connectivity index (χ4v) is 2.72. The van der Waals surface area contributed by atoms with E-state index in [2.05, 4.69) is 4.98 Å². The average Bonchev–Trinajstić information content (AvgIpc) is 2.98. The first-order chi connectivity index (χ1) is 8.27. The summed E-state index contributed by atoms with van der Waals surface area (Å²) in [5.74, 6) is 0.0276. The van der Waals surface area contributed by atoms with E-state index < -0.39 is 0 Å². The van der Waals surface area contributed by atoms with E-state index in [1.165, 1.54) is 11.3 Å². The van der Waals surface area contributed by atoms with E-state index in [4.69, 9.17) is 11.6 Å². The van der Waals surface area contributed by atoms with E-state index in [1.807, 2.05) is 29.0 Å². The Hall–Kier alpha value is -1.58. The molecule has 0 radical (unpaired) electrons. The van der Waals surface area contributed by atoms with Gasteiger partial charge in [-0.15, -0.1) is 0 Å². The lowest BCUT2D eigenvalue weighted by Gasteiger charge is -1.97. The molecule has 17 heavy (non-hydrogen) atoms. The number of aromatic amines is 1. The van der Waals surface area contributed by atoms with Crippen molar-refractivity contribution in [1.82, 2.24) is 4.98 Å². The third-order valence-electron chi connectivity index (χ3n) is 2.69. The zero-order valence-electron chi connectivity index (χ0n) is 8.74. The zero-order chi connectivity index (χ0) is 11.8. The molecule has 0 amide bonds. The SMILES string of the molecule is O=C(c1ccsc1)c1c[nH]c2c(Cl)cccc12. The molecule has 2 heterocycles. The molecule has 0 fully saturated rings. The maximum Gasteiger partial charge on any atom is 0.196 e. The van der Waals surface area contributed by atoms with Crippen molar-refractivity contribution in [3.05, 3.63) is 57.4 Å². The van der Waals surface area contributed by atoms with Crippen LogP contribution in [-0.4, -0.2) is 10.8 Å². The normalized spacial score (nSPS) is 10.9. The molecular weight excluding hydrogens is 254 g/mol. The predicted octanol–water partition coefficient (Wildman–Crippen LogP) is 4.11. The standard InChI is InChI=1S/C13H8ClNOS/c14-11-3-1-2-9-10(6-15-12(9)11)13(16)8-4-5-17-7-8/h1-7,15H. The van der Waals surface area contributed by atoms with Gasteiger partial charge in [0.2, 0.25) is 0 Å². The summed E-state index contributed by atoms with van der Waals surface area (Å²) in [5.41, 5.74) is 2.20. The molecule has 84 valence electrons. The van der Waals surface area contributed by atoms with Crippen LogP contribution in [0.15, 0.2) is 41.2 Å². The van der Waals surface area contributed by atoms with E-state index >= 15 is 0 Å². The second-order valence-corrected chi connectivity index (χ2v) is 4.89. The fraction of sp³-hybridized carbons (Fsp3) is 0. The largest absolute Gasteiger partial charge is 0.359 e. The van der Waals surface area contributed by atoms with Gasteiger partial charge in [0, 0.05) is 28.1 Å². The number of ketones is 1. The zero-order valence-corrected chi connectivity index (χ0v) is 10.3. The number of carbonyl (C=O) groups excluding carboxylic acids is 1. The van der Waals surface area contributed by atoms with Gasteiger partial charge >= 0.3 is 0 Å². The summed E-state index contributed by atoms with van der Waals surface area (Å²) in [6.07, 6.45) is 1.72. The van der Waals surface area contributed by atoms with Crippen molar-refractivity contribution in [3.63, 3.8) is 0 Å². The third-order valence-corrected chi connectivity index (χ3v) is 3.69. The van der Waals surface area contributed by atoms with Crippen LogP contribution in [0.4, 0.5) is 0 Å². The number of halogens is 1. The molecule has 0 bridgehead atoms. The molecule has 0 atom stereocenters. The number of para-hydroxylation sites is 1. The Bertz CT molecular complexity index is 685. The van der Waals surface area contributed by atoms with E-state index in [9.17, 15) is 4.79 Å². The maximum absolute atomic E-state index is 12.2. The number of hydrogen-bond acceptors (Lipinski definition) is 2. The summed E-state index contributed by atoms with van der Waals surface area (Å²) in [5, 5.41) is 5.25. The molecule has 0 aliphatic heterocycles. The molecule has 4 heteroatoms. The number of H-pyrrole nitrogens is 1. The van der Waals surface area contributed by atoms with Crippen molar-refractivity contribution in [1.29, 1.82) is 0 Å². The minimum atomic E-state index is 0.0276. The highest BCUT2D eigenvalue weighted by molar-refractivity contribution is 7.08. The van der Waals surface area contributed by atoms with Gasteiger partial charge < -0.3 is 4.98 Å². The van der Waals surface area contributed by atoms with Gasteiger partial charge in [-0.2, -0.15) is 11.3 Å². The van der Waals surface area contributed by atoms with Crippen LogP contribution in [0, 0.1) is 0 Å². The summed E-state index contributed by atoms with van der Waals surface area (Å²) in [4.78, 5) is 15.3. The Morgan fingerprint density at radius 2 is 2.18 bits per heavy atom. The minimum Gasteiger partial charge on any atom is -0.359 e. The smallest absolute Gasteiger partial charge is 0.196 e.